The molecule has 6 nitrogen and oxygen atoms in total. The maximum atomic E-state index is 13.1. The molecule has 192 valence electrons. The van der Waals surface area contributed by atoms with Crippen molar-refractivity contribution in [2.24, 2.45) is 0 Å². The first-order valence-corrected chi connectivity index (χ1v) is 13.6. The minimum absolute atomic E-state index is 0.189. The fraction of sp³-hybridized carbons (Fsp3) is 0.107. The van der Waals surface area contributed by atoms with Crippen LogP contribution in [0.15, 0.2) is 85.2 Å². The summed E-state index contributed by atoms with van der Waals surface area (Å²) >= 11 is 19.7. The summed E-state index contributed by atoms with van der Waals surface area (Å²) in [5.74, 6) is -0.262. The van der Waals surface area contributed by atoms with Crippen molar-refractivity contribution >= 4 is 52.0 Å². The van der Waals surface area contributed by atoms with E-state index >= 15 is 0 Å². The summed E-state index contributed by atoms with van der Waals surface area (Å²) in [7, 11) is 0. The fourth-order valence-corrected chi connectivity index (χ4v) is 5.27. The van der Waals surface area contributed by atoms with E-state index in [0.29, 0.717) is 26.4 Å². The van der Waals surface area contributed by atoms with Crippen LogP contribution in [0.4, 0.5) is 0 Å². The Bertz CT molecular complexity index is 1570. The summed E-state index contributed by atoms with van der Waals surface area (Å²) in [5, 5.41) is 19.1. The highest BCUT2D eigenvalue weighted by molar-refractivity contribution is 7.17. The number of thiophene rings is 1. The number of benzene rings is 2. The van der Waals surface area contributed by atoms with Crippen LogP contribution < -0.4 is 5.32 Å². The van der Waals surface area contributed by atoms with Crippen LogP contribution in [-0.4, -0.2) is 38.4 Å². The minimum Gasteiger partial charge on any atom is -0.394 e. The number of hydrogen-bond acceptors (Lipinski definition) is 5. The van der Waals surface area contributed by atoms with E-state index in [0.717, 1.165) is 33.1 Å². The van der Waals surface area contributed by atoms with Crippen molar-refractivity contribution in [1.82, 2.24) is 20.1 Å². The van der Waals surface area contributed by atoms with E-state index in [2.05, 4.69) is 10.3 Å². The molecule has 0 aliphatic carbocycles. The number of aromatic nitrogens is 3. The Kier molecular flexibility index (Phi) is 8.12. The summed E-state index contributed by atoms with van der Waals surface area (Å²) in [5.41, 5.74) is 4.06. The molecule has 10 heteroatoms. The summed E-state index contributed by atoms with van der Waals surface area (Å²) < 4.78 is 1.77. The van der Waals surface area contributed by atoms with Crippen molar-refractivity contribution < 1.29 is 9.90 Å². The van der Waals surface area contributed by atoms with Gasteiger partial charge in [0.2, 0.25) is 0 Å². The summed E-state index contributed by atoms with van der Waals surface area (Å²) in [6.45, 7) is -0.189. The van der Waals surface area contributed by atoms with E-state index in [1.807, 2.05) is 42.5 Å². The molecule has 1 amide bonds. The lowest BCUT2D eigenvalue weighted by Crippen LogP contribution is -2.38. The van der Waals surface area contributed by atoms with E-state index in [1.54, 1.807) is 47.4 Å². The van der Waals surface area contributed by atoms with Gasteiger partial charge in [0.25, 0.3) is 5.91 Å². The third kappa shape index (κ3) is 5.93. The van der Waals surface area contributed by atoms with Gasteiger partial charge in [-0.25, -0.2) is 4.68 Å². The zero-order valence-corrected chi connectivity index (χ0v) is 22.9. The van der Waals surface area contributed by atoms with E-state index < -0.39 is 6.04 Å². The average Bonchev–Trinajstić information content (AvgIpc) is 3.60. The minimum atomic E-state index is -0.437. The molecule has 0 fully saturated rings. The van der Waals surface area contributed by atoms with Gasteiger partial charge >= 0.3 is 0 Å². The van der Waals surface area contributed by atoms with Crippen LogP contribution >= 0.6 is 46.1 Å². The molecule has 0 aliphatic rings. The van der Waals surface area contributed by atoms with Gasteiger partial charge in [-0.1, -0.05) is 46.9 Å². The number of hydrogen-bond donors (Lipinski definition) is 2. The second kappa shape index (κ2) is 11.7. The third-order valence-corrected chi connectivity index (χ3v) is 7.95. The number of halogens is 3. The molecular weight excluding hydrogens is 563 g/mol. The van der Waals surface area contributed by atoms with Gasteiger partial charge in [-0.3, -0.25) is 9.78 Å². The Balaban J connectivity index is 1.43. The Hall–Kier alpha value is -3.20. The van der Waals surface area contributed by atoms with Crippen molar-refractivity contribution in [1.29, 1.82) is 0 Å². The number of aliphatic hydroxyl groups excluding tert-OH is 1. The number of amides is 1. The van der Waals surface area contributed by atoms with Gasteiger partial charge in [-0.2, -0.15) is 5.10 Å². The van der Waals surface area contributed by atoms with Gasteiger partial charge in [-0.15, -0.1) is 11.3 Å². The molecule has 5 aromatic rings. The molecule has 2 aromatic carbocycles. The molecule has 0 bridgehead atoms. The van der Waals surface area contributed by atoms with Crippen molar-refractivity contribution in [2.45, 2.75) is 12.5 Å². The third-order valence-electron chi connectivity index (χ3n) is 5.85. The first-order chi connectivity index (χ1) is 18.4. The largest absolute Gasteiger partial charge is 0.394 e. The molecular formula is C28H21Cl3N4O2S. The highest BCUT2D eigenvalue weighted by Gasteiger charge is 2.19. The first-order valence-electron chi connectivity index (χ1n) is 11.6. The van der Waals surface area contributed by atoms with Gasteiger partial charge in [0.15, 0.2) is 0 Å². The second-order valence-electron chi connectivity index (χ2n) is 8.51. The van der Waals surface area contributed by atoms with Crippen LogP contribution in [0.2, 0.25) is 15.1 Å². The number of rotatable bonds is 8. The van der Waals surface area contributed by atoms with Crippen molar-refractivity contribution in [3.63, 3.8) is 0 Å². The van der Waals surface area contributed by atoms with E-state index in [4.69, 9.17) is 39.9 Å². The number of carbonyl (C=O) groups is 1. The SMILES string of the molecule is O=C(N[C@H](CO)Cc1ccc(Cl)cc1)c1ccc(-c2cc(-c3cccnc3)nn2-c2ccc(Cl)c(Cl)c2)s1. The molecule has 5 rings (SSSR count). The van der Waals surface area contributed by atoms with E-state index in [1.165, 1.54) is 11.3 Å². The molecule has 38 heavy (non-hydrogen) atoms. The summed E-state index contributed by atoms with van der Waals surface area (Å²) in [6, 6.07) is 21.6. The van der Waals surface area contributed by atoms with Gasteiger partial charge in [0.1, 0.15) is 0 Å². The molecule has 2 N–H and O–H groups in total. The molecule has 0 unspecified atom stereocenters. The standard InChI is InChI=1S/C28H21Cl3N4O2S/c29-19-5-3-17(4-6-19)12-20(16-36)33-28(37)27-10-9-26(38-27)25-14-24(18-2-1-11-32-15-18)34-35(25)21-7-8-22(30)23(31)13-21/h1-11,13-15,20,36H,12,16H2,(H,33,37)/t20-/m0/s1. The van der Waals surface area contributed by atoms with Crippen molar-refractivity contribution in [3.8, 4) is 27.5 Å². The molecule has 0 spiro atoms. The zero-order valence-electron chi connectivity index (χ0n) is 19.8. The normalized spacial score (nSPS) is 11.9. The Labute approximate surface area is 238 Å². The first kappa shape index (κ1) is 26.4. The topological polar surface area (TPSA) is 80.0 Å². The molecule has 0 saturated heterocycles. The van der Waals surface area contributed by atoms with Gasteiger partial charge in [0.05, 0.1) is 49.5 Å². The molecule has 0 saturated carbocycles. The molecule has 3 heterocycles. The predicted octanol–water partition coefficient (Wildman–Crippen LogP) is 6.96. The van der Waals surface area contributed by atoms with Crippen LogP contribution in [-0.2, 0) is 6.42 Å². The summed E-state index contributed by atoms with van der Waals surface area (Å²) in [6.07, 6.45) is 3.93. The number of aliphatic hydroxyl groups is 1. The van der Waals surface area contributed by atoms with Crippen molar-refractivity contribution in [3.05, 3.63) is 111 Å². The number of nitrogens with one attached hydrogen (secondary N) is 1. The number of carbonyl (C=O) groups excluding carboxylic acids is 1. The quantitative estimate of drug-likeness (QED) is 0.207. The average molecular weight is 584 g/mol. The van der Waals surface area contributed by atoms with Crippen molar-refractivity contribution in [2.75, 3.05) is 6.61 Å². The van der Waals surface area contributed by atoms with Gasteiger partial charge < -0.3 is 10.4 Å². The number of nitrogens with zero attached hydrogens (tertiary/aromatic N) is 3. The smallest absolute Gasteiger partial charge is 0.261 e. The monoisotopic (exact) mass is 582 g/mol. The lowest BCUT2D eigenvalue weighted by molar-refractivity contribution is 0.0920. The van der Waals surface area contributed by atoms with E-state index in [-0.39, 0.29) is 12.5 Å². The Morgan fingerprint density at radius 3 is 2.53 bits per heavy atom. The maximum absolute atomic E-state index is 13.1. The fourth-order valence-electron chi connectivity index (χ4n) is 3.95. The summed E-state index contributed by atoms with van der Waals surface area (Å²) in [4.78, 5) is 18.6. The van der Waals surface area contributed by atoms with E-state index in [9.17, 15) is 9.90 Å². The number of pyridine rings is 1. The predicted molar refractivity (Wildman–Crippen MR) is 154 cm³/mol. The molecule has 0 aliphatic heterocycles. The maximum Gasteiger partial charge on any atom is 0.261 e. The van der Waals surface area contributed by atoms with Gasteiger partial charge in [-0.05, 0) is 72.6 Å². The van der Waals surface area contributed by atoms with Crippen LogP contribution in [0.1, 0.15) is 15.2 Å². The van der Waals surface area contributed by atoms with Crippen LogP contribution in [0.25, 0.3) is 27.5 Å². The van der Waals surface area contributed by atoms with Crippen LogP contribution in [0, 0.1) is 0 Å². The lowest BCUT2D eigenvalue weighted by atomic mass is 10.1. The highest BCUT2D eigenvalue weighted by atomic mass is 35.5. The highest BCUT2D eigenvalue weighted by Crippen LogP contribution is 2.34. The lowest BCUT2D eigenvalue weighted by Gasteiger charge is -2.16. The zero-order chi connectivity index (χ0) is 26.6. The molecule has 1 atom stereocenters. The molecule has 3 aromatic heterocycles. The van der Waals surface area contributed by atoms with Crippen LogP contribution in [0.3, 0.4) is 0 Å². The van der Waals surface area contributed by atoms with Crippen LogP contribution in [0.5, 0.6) is 0 Å². The Morgan fingerprint density at radius 1 is 1.00 bits per heavy atom. The Morgan fingerprint density at radius 2 is 1.82 bits per heavy atom. The molecule has 0 radical (unpaired) electrons. The second-order valence-corrected chi connectivity index (χ2v) is 10.8. The van der Waals surface area contributed by atoms with Gasteiger partial charge in [0, 0.05) is 23.0 Å².